The lowest BCUT2D eigenvalue weighted by Gasteiger charge is -2.11. The Bertz CT molecular complexity index is 530. The van der Waals surface area contributed by atoms with Crippen LogP contribution in [0.3, 0.4) is 0 Å². The molecule has 0 aromatic heterocycles. The molecule has 0 radical (unpaired) electrons. The zero-order valence-electron chi connectivity index (χ0n) is 10.7. The number of nitrogens with one attached hydrogen (secondary N) is 2. The van der Waals surface area contributed by atoms with Crippen molar-refractivity contribution in [2.24, 2.45) is 0 Å². The van der Waals surface area contributed by atoms with Crippen molar-refractivity contribution in [3.63, 3.8) is 0 Å². The van der Waals surface area contributed by atoms with Gasteiger partial charge in [-0.1, -0.05) is 17.7 Å². The summed E-state index contributed by atoms with van der Waals surface area (Å²) in [6.45, 7) is 3.92. The lowest BCUT2D eigenvalue weighted by Crippen LogP contribution is -2.22. The van der Waals surface area contributed by atoms with Gasteiger partial charge in [-0.25, -0.2) is 13.7 Å². The maximum atomic E-state index is 12.0. The molecule has 1 unspecified atom stereocenters. The summed E-state index contributed by atoms with van der Waals surface area (Å²) in [5.41, 5.74) is 1.71. The predicted molar refractivity (Wildman–Crippen MR) is 78.1 cm³/mol. The van der Waals surface area contributed by atoms with Gasteiger partial charge in [-0.2, -0.15) is 0 Å². The average Bonchev–Trinajstić information content (AvgIpc) is 2.36. The van der Waals surface area contributed by atoms with Crippen LogP contribution in [-0.4, -0.2) is 11.3 Å². The minimum absolute atomic E-state index is 0.288. The fraction of sp³-hybridized carbons (Fsp3) is 0.333. The van der Waals surface area contributed by atoms with Crippen LogP contribution in [0.4, 0.5) is 0 Å². The first kappa shape index (κ1) is 15.1. The molecule has 0 fully saturated rings. The molecule has 0 saturated heterocycles. The number of rotatable bonds is 5. The highest BCUT2D eigenvalue weighted by Gasteiger charge is 2.10. The summed E-state index contributed by atoms with van der Waals surface area (Å²) in [6, 6.07) is 7.38. The first-order chi connectivity index (χ1) is 8.36. The molecule has 1 aromatic rings. The Hall–Kier alpha value is -0.980. The molecule has 18 heavy (non-hydrogen) atoms. The van der Waals surface area contributed by atoms with Crippen molar-refractivity contribution in [2.45, 2.75) is 20.4 Å². The summed E-state index contributed by atoms with van der Waals surface area (Å²) in [4.78, 5) is 0. The maximum Gasteiger partial charge on any atom is 0.140 e. The molecule has 0 amide bonds. The van der Waals surface area contributed by atoms with E-state index in [2.05, 4.69) is 17.4 Å². The largest absolute Gasteiger partial charge is 0.497 e. The van der Waals surface area contributed by atoms with Crippen LogP contribution in [-0.2, 0) is 16.5 Å². The summed E-state index contributed by atoms with van der Waals surface area (Å²) in [6.07, 6.45) is 0. The normalized spacial score (nSPS) is 13.8. The third-order valence-electron chi connectivity index (χ3n) is 2.34. The van der Waals surface area contributed by atoms with Crippen LogP contribution in [0.2, 0.25) is 0 Å². The van der Waals surface area contributed by atoms with Crippen LogP contribution in [0.5, 0.6) is 5.75 Å². The minimum Gasteiger partial charge on any atom is -0.497 e. The zero-order valence-corrected chi connectivity index (χ0v) is 12.4. The molecule has 0 aliphatic rings. The molecule has 0 heterocycles. The van der Waals surface area contributed by atoms with Crippen molar-refractivity contribution in [3.05, 3.63) is 39.6 Å². The van der Waals surface area contributed by atoms with Crippen molar-refractivity contribution >= 4 is 22.5 Å². The first-order valence-corrected chi connectivity index (χ1v) is 7.40. The topological polar surface area (TPSA) is 62.2 Å². The number of thiol groups is 1. The fourth-order valence-corrected chi connectivity index (χ4v) is 2.56. The standard InChI is InChI=1S/C12H18N2O2S2/c1-9(2)12(17)18(13,15)14-8-10-4-6-11(16-3)7-5-10/h4-7,17H,8H2,1-3H3,(H2,13,14,15). The highest BCUT2D eigenvalue weighted by atomic mass is 32.2. The van der Waals surface area contributed by atoms with E-state index in [9.17, 15) is 4.21 Å². The fourth-order valence-electron chi connectivity index (χ4n) is 1.28. The van der Waals surface area contributed by atoms with E-state index < -0.39 is 9.92 Å². The van der Waals surface area contributed by atoms with Gasteiger partial charge >= 0.3 is 0 Å². The van der Waals surface area contributed by atoms with Gasteiger partial charge in [0.1, 0.15) is 15.7 Å². The van der Waals surface area contributed by atoms with Crippen LogP contribution in [0.25, 0.3) is 0 Å². The van der Waals surface area contributed by atoms with Gasteiger partial charge < -0.3 is 4.74 Å². The summed E-state index contributed by atoms with van der Waals surface area (Å²) in [5.74, 6) is 0.768. The molecule has 0 spiro atoms. The number of ether oxygens (including phenoxy) is 1. The second-order valence-electron chi connectivity index (χ2n) is 4.03. The van der Waals surface area contributed by atoms with Crippen LogP contribution in [0.1, 0.15) is 19.4 Å². The third kappa shape index (κ3) is 4.04. The highest BCUT2D eigenvalue weighted by Crippen LogP contribution is 2.16. The number of methoxy groups -OCH3 is 1. The molecule has 0 aliphatic carbocycles. The van der Waals surface area contributed by atoms with Crippen molar-refractivity contribution in [1.82, 2.24) is 4.72 Å². The van der Waals surface area contributed by atoms with E-state index >= 15 is 0 Å². The Morgan fingerprint density at radius 3 is 2.39 bits per heavy atom. The van der Waals surface area contributed by atoms with E-state index in [-0.39, 0.29) is 4.24 Å². The van der Waals surface area contributed by atoms with Gasteiger partial charge in [-0.15, -0.1) is 12.6 Å². The SMILES string of the molecule is COc1ccc(CNS(=N)(=O)C(S)=C(C)C)cc1. The molecule has 0 saturated carbocycles. The maximum absolute atomic E-state index is 12.0. The molecule has 0 bridgehead atoms. The van der Waals surface area contributed by atoms with Gasteiger partial charge in [0.2, 0.25) is 0 Å². The summed E-state index contributed by atoms with van der Waals surface area (Å²) < 4.78 is 27.8. The molecule has 0 aliphatic heterocycles. The Morgan fingerprint density at radius 1 is 1.39 bits per heavy atom. The first-order valence-electron chi connectivity index (χ1n) is 5.39. The molecule has 1 rings (SSSR count). The van der Waals surface area contributed by atoms with Gasteiger partial charge in [0.25, 0.3) is 0 Å². The summed E-state index contributed by atoms with van der Waals surface area (Å²) in [7, 11) is -1.41. The monoisotopic (exact) mass is 286 g/mol. The van der Waals surface area contributed by atoms with E-state index in [1.54, 1.807) is 21.0 Å². The number of allylic oxidation sites excluding steroid dienone is 1. The number of hydrogen-bond donors (Lipinski definition) is 3. The number of benzene rings is 1. The minimum atomic E-state index is -3.01. The lowest BCUT2D eigenvalue weighted by molar-refractivity contribution is 0.414. The van der Waals surface area contributed by atoms with Crippen molar-refractivity contribution in [3.8, 4) is 5.75 Å². The van der Waals surface area contributed by atoms with Gasteiger partial charge in [-0.05, 0) is 31.5 Å². The summed E-state index contributed by atoms with van der Waals surface area (Å²) in [5, 5.41) is 0. The molecule has 1 aromatic carbocycles. The molecule has 4 nitrogen and oxygen atoms in total. The quantitative estimate of drug-likeness (QED) is 0.729. The molecule has 2 N–H and O–H groups in total. The van der Waals surface area contributed by atoms with Crippen LogP contribution in [0.15, 0.2) is 34.1 Å². The van der Waals surface area contributed by atoms with Crippen LogP contribution < -0.4 is 9.46 Å². The second kappa shape index (κ2) is 6.26. The Balaban J connectivity index is 2.73. The highest BCUT2D eigenvalue weighted by molar-refractivity contribution is 8.09. The van der Waals surface area contributed by atoms with Crippen LogP contribution >= 0.6 is 12.6 Å². The van der Waals surface area contributed by atoms with E-state index in [0.29, 0.717) is 6.54 Å². The Kier molecular flexibility index (Phi) is 5.25. The number of hydrogen-bond acceptors (Lipinski definition) is 4. The van der Waals surface area contributed by atoms with E-state index in [1.807, 2.05) is 24.3 Å². The smallest absolute Gasteiger partial charge is 0.140 e. The lowest BCUT2D eigenvalue weighted by atomic mass is 10.2. The van der Waals surface area contributed by atoms with Gasteiger partial charge in [-0.3, -0.25) is 0 Å². The predicted octanol–water partition coefficient (Wildman–Crippen LogP) is 2.93. The average molecular weight is 286 g/mol. The Morgan fingerprint density at radius 2 is 1.94 bits per heavy atom. The van der Waals surface area contributed by atoms with E-state index in [1.165, 1.54) is 0 Å². The zero-order chi connectivity index (χ0) is 13.8. The van der Waals surface area contributed by atoms with Gasteiger partial charge in [0, 0.05) is 6.54 Å². The molecule has 100 valence electrons. The third-order valence-corrected chi connectivity index (χ3v) is 5.06. The van der Waals surface area contributed by atoms with E-state index in [4.69, 9.17) is 9.52 Å². The van der Waals surface area contributed by atoms with Crippen LogP contribution in [0, 0.1) is 4.78 Å². The second-order valence-corrected chi connectivity index (χ2v) is 6.59. The van der Waals surface area contributed by atoms with E-state index in [0.717, 1.165) is 16.9 Å². The molecule has 1 atom stereocenters. The van der Waals surface area contributed by atoms with Crippen molar-refractivity contribution < 1.29 is 8.95 Å². The molecular weight excluding hydrogens is 268 g/mol. The van der Waals surface area contributed by atoms with Crippen molar-refractivity contribution in [2.75, 3.05) is 7.11 Å². The Labute approximate surface area is 114 Å². The summed E-state index contributed by atoms with van der Waals surface area (Å²) >= 11 is 4.12. The molecular formula is C12H18N2O2S2. The van der Waals surface area contributed by atoms with Crippen molar-refractivity contribution in [1.29, 1.82) is 4.78 Å². The molecule has 6 heteroatoms. The van der Waals surface area contributed by atoms with Gasteiger partial charge in [0.05, 0.1) is 11.3 Å². The van der Waals surface area contributed by atoms with Gasteiger partial charge in [0.15, 0.2) is 0 Å².